The Balaban J connectivity index is 1.95. The van der Waals surface area contributed by atoms with Crippen LogP contribution in [-0.4, -0.2) is 10.8 Å². The van der Waals surface area contributed by atoms with Gasteiger partial charge in [-0.3, -0.25) is 4.79 Å². The molecule has 0 unspecified atom stereocenters. The van der Waals surface area contributed by atoms with E-state index in [-0.39, 0.29) is 11.5 Å². The predicted molar refractivity (Wildman–Crippen MR) is 86.0 cm³/mol. The fourth-order valence-corrected chi connectivity index (χ4v) is 2.32. The van der Waals surface area contributed by atoms with Crippen molar-refractivity contribution in [3.05, 3.63) is 77.1 Å². The highest BCUT2D eigenvalue weighted by molar-refractivity contribution is 6.11. The summed E-state index contributed by atoms with van der Waals surface area (Å²) >= 11 is 0. The quantitative estimate of drug-likeness (QED) is 0.566. The van der Waals surface area contributed by atoms with Crippen LogP contribution in [0.4, 0.5) is 0 Å². The maximum atomic E-state index is 12.3. The number of para-hydroxylation sites is 1. The number of rotatable bonds is 3. The summed E-state index contributed by atoms with van der Waals surface area (Å²) in [5.41, 5.74) is 9.88. The Morgan fingerprint density at radius 2 is 1.81 bits per heavy atom. The van der Waals surface area contributed by atoms with Crippen LogP contribution in [-0.2, 0) is 0 Å². The number of aryl methyl sites for hydroxylation is 1. The minimum atomic E-state index is -0.153. The molecule has 0 aliphatic rings. The van der Waals surface area contributed by atoms with E-state index in [0.29, 0.717) is 5.56 Å². The van der Waals surface area contributed by atoms with Crippen LogP contribution in [0.25, 0.3) is 17.0 Å². The van der Waals surface area contributed by atoms with E-state index >= 15 is 0 Å². The van der Waals surface area contributed by atoms with Crippen LogP contribution in [0.2, 0.25) is 0 Å². The summed E-state index contributed by atoms with van der Waals surface area (Å²) in [5, 5.41) is 1.05. The van der Waals surface area contributed by atoms with Gasteiger partial charge in [0.1, 0.15) is 0 Å². The zero-order valence-corrected chi connectivity index (χ0v) is 11.8. The Morgan fingerprint density at radius 1 is 1.10 bits per heavy atom. The number of aromatic nitrogens is 1. The van der Waals surface area contributed by atoms with Crippen molar-refractivity contribution in [2.45, 2.75) is 6.92 Å². The topological polar surface area (TPSA) is 58.9 Å². The summed E-state index contributed by atoms with van der Waals surface area (Å²) in [6, 6.07) is 15.3. The molecule has 1 heterocycles. The third-order valence-electron chi connectivity index (χ3n) is 3.51. The van der Waals surface area contributed by atoms with E-state index < -0.39 is 0 Å². The summed E-state index contributed by atoms with van der Waals surface area (Å²) in [6.45, 7) is 1.99. The molecule has 0 aliphatic heterocycles. The molecule has 0 radical (unpaired) electrons. The summed E-state index contributed by atoms with van der Waals surface area (Å²) in [6.07, 6.45) is 3.58. The maximum Gasteiger partial charge on any atom is 0.208 e. The molecule has 0 spiro atoms. The average molecular weight is 276 g/mol. The number of H-pyrrole nitrogens is 1. The van der Waals surface area contributed by atoms with Gasteiger partial charge in [-0.15, -0.1) is 0 Å². The summed E-state index contributed by atoms with van der Waals surface area (Å²) in [7, 11) is 0. The lowest BCUT2D eigenvalue weighted by Gasteiger charge is -2.02. The molecule has 21 heavy (non-hydrogen) atoms. The largest absolute Gasteiger partial charge is 0.396 e. The third-order valence-corrected chi connectivity index (χ3v) is 3.51. The van der Waals surface area contributed by atoms with Crippen molar-refractivity contribution < 1.29 is 4.79 Å². The SMILES string of the molecule is Cc1ccc(C(=O)/C(N)=C\c2c[nH]c3ccccc23)cc1. The van der Waals surface area contributed by atoms with E-state index in [2.05, 4.69) is 4.98 Å². The van der Waals surface area contributed by atoms with Gasteiger partial charge in [-0.05, 0) is 19.1 Å². The molecule has 3 N–H and O–H groups in total. The van der Waals surface area contributed by atoms with E-state index in [1.54, 1.807) is 18.2 Å². The summed E-state index contributed by atoms with van der Waals surface area (Å²) in [5.74, 6) is -0.153. The first-order chi connectivity index (χ1) is 10.1. The Labute approximate surface area is 123 Å². The van der Waals surface area contributed by atoms with E-state index in [1.165, 1.54) is 0 Å². The number of benzene rings is 2. The highest BCUT2D eigenvalue weighted by Crippen LogP contribution is 2.20. The second-order valence-corrected chi connectivity index (χ2v) is 5.08. The third kappa shape index (κ3) is 2.58. The molecule has 3 aromatic rings. The van der Waals surface area contributed by atoms with E-state index in [0.717, 1.165) is 22.0 Å². The molecule has 0 atom stereocenters. The van der Waals surface area contributed by atoms with E-state index in [1.807, 2.05) is 49.5 Å². The normalized spacial score (nSPS) is 11.8. The molecule has 1 aromatic heterocycles. The first kappa shape index (κ1) is 13.2. The van der Waals surface area contributed by atoms with Crippen molar-refractivity contribution in [1.29, 1.82) is 0 Å². The molecule has 0 aliphatic carbocycles. The standard InChI is InChI=1S/C18H16N2O/c1-12-6-8-13(9-7-12)18(21)16(19)10-14-11-20-17-5-3-2-4-15(14)17/h2-11,20H,19H2,1H3/b16-10+. The van der Waals surface area contributed by atoms with Gasteiger partial charge in [0.2, 0.25) is 5.78 Å². The number of carbonyl (C=O) groups excluding carboxylic acids is 1. The van der Waals surface area contributed by atoms with Crippen molar-refractivity contribution >= 4 is 22.8 Å². The first-order valence-electron chi connectivity index (χ1n) is 6.80. The second-order valence-electron chi connectivity index (χ2n) is 5.08. The number of Topliss-reactive ketones (excluding diaryl/α,β-unsaturated/α-hetero) is 1. The molecule has 2 aromatic carbocycles. The Morgan fingerprint density at radius 3 is 2.57 bits per heavy atom. The molecular formula is C18H16N2O. The lowest BCUT2D eigenvalue weighted by Crippen LogP contribution is -2.11. The van der Waals surface area contributed by atoms with Crippen LogP contribution in [0.3, 0.4) is 0 Å². The van der Waals surface area contributed by atoms with Gasteiger partial charge in [0, 0.05) is 28.2 Å². The van der Waals surface area contributed by atoms with E-state index in [9.17, 15) is 4.79 Å². The van der Waals surface area contributed by atoms with Gasteiger partial charge in [0.15, 0.2) is 0 Å². The molecule has 3 rings (SSSR count). The van der Waals surface area contributed by atoms with Gasteiger partial charge in [-0.2, -0.15) is 0 Å². The van der Waals surface area contributed by atoms with Gasteiger partial charge in [0.25, 0.3) is 0 Å². The van der Waals surface area contributed by atoms with Crippen LogP contribution in [0, 0.1) is 6.92 Å². The van der Waals surface area contributed by atoms with Crippen LogP contribution >= 0.6 is 0 Å². The fraction of sp³-hybridized carbons (Fsp3) is 0.0556. The Bertz CT molecular complexity index is 826. The Kier molecular flexibility index (Phi) is 3.32. The minimum absolute atomic E-state index is 0.153. The smallest absolute Gasteiger partial charge is 0.208 e. The highest BCUT2D eigenvalue weighted by Gasteiger charge is 2.10. The van der Waals surface area contributed by atoms with E-state index in [4.69, 9.17) is 5.73 Å². The second kappa shape index (κ2) is 5.29. The molecule has 0 fully saturated rings. The van der Waals surface area contributed by atoms with Gasteiger partial charge in [-0.1, -0.05) is 48.0 Å². The number of ketones is 1. The van der Waals surface area contributed by atoms with Crippen molar-refractivity contribution in [1.82, 2.24) is 4.98 Å². The number of nitrogens with two attached hydrogens (primary N) is 1. The lowest BCUT2D eigenvalue weighted by molar-refractivity contribution is 0.103. The van der Waals surface area contributed by atoms with Crippen LogP contribution in [0.15, 0.2) is 60.4 Å². The maximum absolute atomic E-state index is 12.3. The monoisotopic (exact) mass is 276 g/mol. The van der Waals surface area contributed by atoms with Crippen molar-refractivity contribution in [3.63, 3.8) is 0 Å². The van der Waals surface area contributed by atoms with Crippen LogP contribution in [0.5, 0.6) is 0 Å². The highest BCUT2D eigenvalue weighted by atomic mass is 16.1. The van der Waals surface area contributed by atoms with Gasteiger partial charge in [-0.25, -0.2) is 0 Å². The Hall–Kier alpha value is -2.81. The molecule has 0 saturated carbocycles. The zero-order valence-electron chi connectivity index (χ0n) is 11.8. The number of fused-ring (bicyclic) bond motifs is 1. The predicted octanol–water partition coefficient (Wildman–Crippen LogP) is 3.66. The number of hydrogen-bond acceptors (Lipinski definition) is 2. The first-order valence-corrected chi connectivity index (χ1v) is 6.80. The fourth-order valence-electron chi connectivity index (χ4n) is 2.32. The summed E-state index contributed by atoms with van der Waals surface area (Å²) in [4.78, 5) is 15.5. The van der Waals surface area contributed by atoms with Gasteiger partial charge in [0.05, 0.1) is 5.70 Å². The minimum Gasteiger partial charge on any atom is -0.396 e. The van der Waals surface area contributed by atoms with Crippen molar-refractivity contribution in [2.75, 3.05) is 0 Å². The molecule has 104 valence electrons. The number of carbonyl (C=O) groups is 1. The van der Waals surface area contributed by atoms with Crippen LogP contribution < -0.4 is 5.73 Å². The van der Waals surface area contributed by atoms with Gasteiger partial charge < -0.3 is 10.7 Å². The molecule has 3 nitrogen and oxygen atoms in total. The molecule has 0 saturated heterocycles. The molecular weight excluding hydrogens is 260 g/mol. The zero-order chi connectivity index (χ0) is 14.8. The molecule has 0 amide bonds. The van der Waals surface area contributed by atoms with Crippen LogP contribution in [0.1, 0.15) is 21.5 Å². The molecule has 3 heteroatoms. The average Bonchev–Trinajstić information content (AvgIpc) is 2.91. The van der Waals surface area contributed by atoms with Gasteiger partial charge >= 0.3 is 0 Å². The van der Waals surface area contributed by atoms with Crippen molar-refractivity contribution in [3.8, 4) is 0 Å². The number of aromatic amines is 1. The number of hydrogen-bond donors (Lipinski definition) is 2. The lowest BCUT2D eigenvalue weighted by atomic mass is 10.0. The number of nitrogens with one attached hydrogen (secondary N) is 1. The van der Waals surface area contributed by atoms with Crippen molar-refractivity contribution in [2.24, 2.45) is 5.73 Å². The summed E-state index contributed by atoms with van der Waals surface area (Å²) < 4.78 is 0. The number of allylic oxidation sites excluding steroid dienone is 1. The molecule has 0 bridgehead atoms.